The van der Waals surface area contributed by atoms with Crippen molar-refractivity contribution in [3.8, 4) is 0 Å². The van der Waals surface area contributed by atoms with Crippen molar-refractivity contribution in [1.82, 2.24) is 5.32 Å². The molecule has 0 bridgehead atoms. The summed E-state index contributed by atoms with van der Waals surface area (Å²) in [7, 11) is 4.77. The van der Waals surface area contributed by atoms with E-state index in [9.17, 15) is 0 Å². The van der Waals surface area contributed by atoms with E-state index in [4.69, 9.17) is 14.2 Å². The van der Waals surface area contributed by atoms with Crippen molar-refractivity contribution < 1.29 is 14.2 Å². The molecule has 4 nitrogen and oxygen atoms in total. The van der Waals surface area contributed by atoms with Crippen LogP contribution in [-0.4, -0.2) is 40.4 Å². The van der Waals surface area contributed by atoms with Crippen LogP contribution in [0.3, 0.4) is 0 Å². The Bertz CT molecular complexity index is 347. The summed E-state index contributed by atoms with van der Waals surface area (Å²) < 4.78 is 15.6. The van der Waals surface area contributed by atoms with Gasteiger partial charge >= 0.3 is 0 Å². The number of nitrogens with one attached hydrogen (secondary N) is 1. The molecule has 0 aromatic heterocycles. The van der Waals surface area contributed by atoms with E-state index in [0.29, 0.717) is 13.2 Å². The van der Waals surface area contributed by atoms with Gasteiger partial charge in [0.25, 0.3) is 5.91 Å². The summed E-state index contributed by atoms with van der Waals surface area (Å²) in [5.41, 5.74) is 1.16. The maximum absolute atomic E-state index is 5.29. The molecule has 0 saturated carbocycles. The van der Waals surface area contributed by atoms with Crippen molar-refractivity contribution in [3.63, 3.8) is 0 Å². The standard InChI is InChI=1S/C14H21NO3/c1-16-12-14(17-2,18-3)15-11-7-10-13-8-5-4-6-9-13/h4-10,15H,11-12H2,1-3H3/b10-7+. The Morgan fingerprint density at radius 3 is 2.33 bits per heavy atom. The SMILES string of the molecule is COCC(NC/C=C/c1ccccc1)(OC)OC. The molecule has 100 valence electrons. The van der Waals surface area contributed by atoms with Gasteiger partial charge in [-0.25, -0.2) is 0 Å². The molecule has 18 heavy (non-hydrogen) atoms. The molecule has 0 atom stereocenters. The Labute approximate surface area is 109 Å². The topological polar surface area (TPSA) is 39.7 Å². The summed E-state index contributed by atoms with van der Waals surface area (Å²) in [4.78, 5) is 0. The van der Waals surface area contributed by atoms with Crippen LogP contribution in [0, 0.1) is 0 Å². The lowest BCUT2D eigenvalue weighted by molar-refractivity contribution is -0.249. The molecule has 4 heteroatoms. The fraction of sp³-hybridized carbons (Fsp3) is 0.429. The van der Waals surface area contributed by atoms with E-state index >= 15 is 0 Å². The van der Waals surface area contributed by atoms with Gasteiger partial charge in [0.2, 0.25) is 0 Å². The van der Waals surface area contributed by atoms with Gasteiger partial charge in [-0.05, 0) is 5.56 Å². The number of hydrogen-bond acceptors (Lipinski definition) is 4. The van der Waals surface area contributed by atoms with Gasteiger partial charge in [-0.2, -0.15) is 0 Å². The lowest BCUT2D eigenvalue weighted by atomic mass is 10.2. The molecule has 0 fully saturated rings. The lowest BCUT2D eigenvalue weighted by Gasteiger charge is -2.30. The van der Waals surface area contributed by atoms with E-state index < -0.39 is 5.91 Å². The van der Waals surface area contributed by atoms with Crippen LogP contribution in [0.4, 0.5) is 0 Å². The van der Waals surface area contributed by atoms with Crippen LogP contribution in [0.1, 0.15) is 5.56 Å². The summed E-state index contributed by atoms with van der Waals surface area (Å²) in [5, 5.41) is 3.15. The third-order valence-corrected chi connectivity index (χ3v) is 2.59. The minimum absolute atomic E-state index is 0.319. The molecule has 0 amide bonds. The van der Waals surface area contributed by atoms with Crippen molar-refractivity contribution >= 4 is 6.08 Å². The molecule has 1 rings (SSSR count). The van der Waals surface area contributed by atoms with E-state index in [1.807, 2.05) is 42.5 Å². The molecular weight excluding hydrogens is 230 g/mol. The highest BCUT2D eigenvalue weighted by molar-refractivity contribution is 5.48. The molecule has 0 saturated heterocycles. The van der Waals surface area contributed by atoms with Gasteiger partial charge in [-0.15, -0.1) is 0 Å². The Morgan fingerprint density at radius 2 is 1.78 bits per heavy atom. The fourth-order valence-corrected chi connectivity index (χ4v) is 1.56. The highest BCUT2D eigenvalue weighted by Gasteiger charge is 2.28. The van der Waals surface area contributed by atoms with Crippen LogP contribution in [0.2, 0.25) is 0 Å². The normalized spacial score (nSPS) is 12.2. The second kappa shape index (κ2) is 8.00. The average Bonchev–Trinajstić information content (AvgIpc) is 2.43. The van der Waals surface area contributed by atoms with Crippen molar-refractivity contribution in [1.29, 1.82) is 0 Å². The highest BCUT2D eigenvalue weighted by atomic mass is 16.7. The van der Waals surface area contributed by atoms with Gasteiger partial charge in [0.1, 0.15) is 6.61 Å². The van der Waals surface area contributed by atoms with E-state index in [1.165, 1.54) is 0 Å². The minimum Gasteiger partial charge on any atom is -0.378 e. The van der Waals surface area contributed by atoms with E-state index in [0.717, 1.165) is 5.56 Å². The Kier molecular flexibility index (Phi) is 6.60. The summed E-state index contributed by atoms with van der Waals surface area (Å²) in [6.45, 7) is 0.944. The number of benzene rings is 1. The van der Waals surface area contributed by atoms with Gasteiger partial charge in [0, 0.05) is 27.9 Å². The molecule has 0 spiro atoms. The Morgan fingerprint density at radius 1 is 1.11 bits per heavy atom. The largest absolute Gasteiger partial charge is 0.378 e. The van der Waals surface area contributed by atoms with E-state index in [2.05, 4.69) is 5.32 Å². The number of methoxy groups -OCH3 is 3. The monoisotopic (exact) mass is 251 g/mol. The second-order valence-corrected chi connectivity index (χ2v) is 3.79. The van der Waals surface area contributed by atoms with Gasteiger partial charge in [0.05, 0.1) is 0 Å². The quantitative estimate of drug-likeness (QED) is 0.716. The smallest absolute Gasteiger partial charge is 0.251 e. The molecule has 0 unspecified atom stereocenters. The number of rotatable bonds is 8. The van der Waals surface area contributed by atoms with Gasteiger partial charge in [0.15, 0.2) is 0 Å². The van der Waals surface area contributed by atoms with Crippen molar-refractivity contribution in [2.24, 2.45) is 0 Å². The molecule has 1 N–H and O–H groups in total. The third kappa shape index (κ3) is 4.58. The van der Waals surface area contributed by atoms with Crippen molar-refractivity contribution in [2.45, 2.75) is 5.91 Å². The molecule has 0 aliphatic heterocycles. The van der Waals surface area contributed by atoms with Gasteiger partial charge in [-0.3, -0.25) is 5.32 Å². The van der Waals surface area contributed by atoms with Crippen LogP contribution < -0.4 is 5.32 Å². The van der Waals surface area contributed by atoms with Crippen LogP contribution in [0.5, 0.6) is 0 Å². The molecular formula is C14H21NO3. The first kappa shape index (κ1) is 14.9. The fourth-order valence-electron chi connectivity index (χ4n) is 1.56. The molecule has 1 aromatic rings. The van der Waals surface area contributed by atoms with Gasteiger partial charge < -0.3 is 14.2 Å². The maximum atomic E-state index is 5.29. The summed E-state index contributed by atoms with van der Waals surface area (Å²) in [5.74, 6) is -0.893. The van der Waals surface area contributed by atoms with Crippen LogP contribution in [0.15, 0.2) is 36.4 Å². The Hall–Kier alpha value is -1.20. The second-order valence-electron chi connectivity index (χ2n) is 3.79. The molecule has 0 heterocycles. The van der Waals surface area contributed by atoms with Crippen LogP contribution in [-0.2, 0) is 14.2 Å². The average molecular weight is 251 g/mol. The van der Waals surface area contributed by atoms with E-state index in [-0.39, 0.29) is 0 Å². The van der Waals surface area contributed by atoms with Crippen LogP contribution in [0.25, 0.3) is 6.08 Å². The maximum Gasteiger partial charge on any atom is 0.251 e. The first-order valence-corrected chi connectivity index (χ1v) is 5.82. The zero-order valence-corrected chi connectivity index (χ0v) is 11.2. The van der Waals surface area contributed by atoms with Gasteiger partial charge in [-0.1, -0.05) is 42.5 Å². The predicted octanol–water partition coefficient (Wildman–Crippen LogP) is 1.88. The molecule has 0 radical (unpaired) electrons. The van der Waals surface area contributed by atoms with Crippen molar-refractivity contribution in [2.75, 3.05) is 34.5 Å². The van der Waals surface area contributed by atoms with Crippen LogP contribution >= 0.6 is 0 Å². The van der Waals surface area contributed by atoms with E-state index in [1.54, 1.807) is 21.3 Å². The highest BCUT2D eigenvalue weighted by Crippen LogP contribution is 2.07. The zero-order valence-electron chi connectivity index (χ0n) is 11.2. The third-order valence-electron chi connectivity index (χ3n) is 2.59. The summed E-state index contributed by atoms with van der Waals surface area (Å²) >= 11 is 0. The summed E-state index contributed by atoms with van der Waals surface area (Å²) in [6.07, 6.45) is 4.05. The first-order valence-electron chi connectivity index (χ1n) is 5.82. The molecule has 1 aromatic carbocycles. The van der Waals surface area contributed by atoms with Crippen molar-refractivity contribution in [3.05, 3.63) is 42.0 Å². The number of hydrogen-bond donors (Lipinski definition) is 1. The lowest BCUT2D eigenvalue weighted by Crippen LogP contribution is -2.52. The molecule has 0 aliphatic carbocycles. The summed E-state index contributed by atoms with van der Waals surface area (Å²) in [6, 6.07) is 10.1. The Balaban J connectivity index is 2.46. The number of ether oxygens (including phenoxy) is 3. The minimum atomic E-state index is -0.893. The molecule has 0 aliphatic rings. The first-order chi connectivity index (χ1) is 8.76. The predicted molar refractivity (Wildman–Crippen MR) is 72.1 cm³/mol. The zero-order chi connectivity index (χ0) is 13.3.